The van der Waals surface area contributed by atoms with E-state index < -0.39 is 0 Å². The Kier molecular flexibility index (Phi) is 6.32. The van der Waals surface area contributed by atoms with Crippen molar-refractivity contribution in [1.82, 2.24) is 19.9 Å². The van der Waals surface area contributed by atoms with Gasteiger partial charge in [-0.25, -0.2) is 4.98 Å². The van der Waals surface area contributed by atoms with Crippen LogP contribution in [0, 0.1) is 6.92 Å². The molecule has 0 saturated carbocycles. The van der Waals surface area contributed by atoms with E-state index in [0.717, 1.165) is 18.4 Å². The van der Waals surface area contributed by atoms with Crippen LogP contribution < -0.4 is 5.56 Å². The van der Waals surface area contributed by atoms with Gasteiger partial charge in [0.05, 0.1) is 6.42 Å². The largest absolute Gasteiger partial charge is 0.345 e. The molecule has 6 heteroatoms. The second-order valence-corrected chi connectivity index (χ2v) is 6.80. The molecule has 0 aliphatic rings. The van der Waals surface area contributed by atoms with E-state index >= 15 is 0 Å². The maximum atomic E-state index is 12.6. The highest BCUT2D eigenvalue weighted by molar-refractivity contribution is 5.78. The normalized spacial score (nSPS) is 10.6. The Hall–Kier alpha value is -3.28. The fraction of sp³-hybridized carbons (Fsp3) is 0.273. The first-order valence-corrected chi connectivity index (χ1v) is 9.32. The first kappa shape index (κ1) is 19.5. The zero-order chi connectivity index (χ0) is 19.9. The predicted molar refractivity (Wildman–Crippen MR) is 109 cm³/mol. The molecule has 3 rings (SSSR count). The number of hydrogen-bond acceptors (Lipinski definition) is 4. The number of carbonyl (C=O) groups is 1. The van der Waals surface area contributed by atoms with Crippen LogP contribution in [0.1, 0.15) is 23.2 Å². The third-order valence-electron chi connectivity index (χ3n) is 4.73. The number of aromatic amines is 1. The monoisotopic (exact) mass is 376 g/mol. The zero-order valence-corrected chi connectivity index (χ0v) is 16.2. The van der Waals surface area contributed by atoms with E-state index in [1.165, 1.54) is 5.56 Å². The number of H-pyrrole nitrogens is 1. The highest BCUT2D eigenvalue weighted by Crippen LogP contribution is 2.13. The molecule has 2 aromatic heterocycles. The van der Waals surface area contributed by atoms with Crippen molar-refractivity contribution in [3.63, 3.8) is 0 Å². The van der Waals surface area contributed by atoms with E-state index in [-0.39, 0.29) is 17.9 Å². The number of nitrogens with zero attached hydrogens (tertiary/aromatic N) is 3. The second-order valence-electron chi connectivity index (χ2n) is 6.80. The predicted octanol–water partition coefficient (Wildman–Crippen LogP) is 2.77. The van der Waals surface area contributed by atoms with Gasteiger partial charge in [0.1, 0.15) is 5.82 Å². The molecule has 0 aliphatic heterocycles. The molecule has 0 unspecified atom stereocenters. The molecule has 0 atom stereocenters. The van der Waals surface area contributed by atoms with Gasteiger partial charge in [0.15, 0.2) is 0 Å². The van der Waals surface area contributed by atoms with Gasteiger partial charge in [0.25, 0.3) is 5.56 Å². The minimum absolute atomic E-state index is 0.0482. The summed E-state index contributed by atoms with van der Waals surface area (Å²) in [5.74, 6) is 0.400. The molecule has 28 heavy (non-hydrogen) atoms. The summed E-state index contributed by atoms with van der Waals surface area (Å²) in [5.41, 5.74) is 2.75. The summed E-state index contributed by atoms with van der Waals surface area (Å²) < 4.78 is 0. The molecule has 2 heterocycles. The SMILES string of the molecule is Cc1nc(-c2ccncc2)[nH]c(=O)c1CC(=O)N(C)CCCc1ccccc1. The fourth-order valence-electron chi connectivity index (χ4n) is 3.04. The van der Waals surface area contributed by atoms with Gasteiger partial charge in [0, 0.05) is 42.8 Å². The van der Waals surface area contributed by atoms with Crippen LogP contribution in [0.2, 0.25) is 0 Å². The lowest BCUT2D eigenvalue weighted by molar-refractivity contribution is -0.129. The fourth-order valence-corrected chi connectivity index (χ4v) is 3.04. The summed E-state index contributed by atoms with van der Waals surface area (Å²) in [6.07, 6.45) is 5.13. The first-order valence-electron chi connectivity index (χ1n) is 9.32. The van der Waals surface area contributed by atoms with Crippen LogP contribution in [0.5, 0.6) is 0 Å². The van der Waals surface area contributed by atoms with Crippen molar-refractivity contribution in [2.75, 3.05) is 13.6 Å². The summed E-state index contributed by atoms with van der Waals surface area (Å²) >= 11 is 0. The maximum absolute atomic E-state index is 12.6. The quantitative estimate of drug-likeness (QED) is 0.688. The van der Waals surface area contributed by atoms with Crippen LogP contribution in [0.4, 0.5) is 0 Å². The van der Waals surface area contributed by atoms with Crippen molar-refractivity contribution in [3.05, 3.63) is 82.0 Å². The van der Waals surface area contributed by atoms with Crippen molar-refractivity contribution in [2.24, 2.45) is 0 Å². The smallest absolute Gasteiger partial charge is 0.255 e. The first-order chi connectivity index (χ1) is 13.5. The lowest BCUT2D eigenvalue weighted by Gasteiger charge is -2.17. The Morgan fingerprint density at radius 2 is 1.82 bits per heavy atom. The van der Waals surface area contributed by atoms with E-state index in [1.807, 2.05) is 18.2 Å². The van der Waals surface area contributed by atoms with E-state index in [4.69, 9.17) is 0 Å². The van der Waals surface area contributed by atoms with Gasteiger partial charge in [-0.3, -0.25) is 14.6 Å². The number of benzene rings is 1. The number of aryl methyl sites for hydroxylation is 2. The van der Waals surface area contributed by atoms with Gasteiger partial charge in [0.2, 0.25) is 5.91 Å². The number of pyridine rings is 1. The minimum atomic E-state index is -0.273. The molecule has 1 N–H and O–H groups in total. The molecule has 0 saturated heterocycles. The summed E-state index contributed by atoms with van der Waals surface area (Å²) in [4.78, 5) is 37.9. The maximum Gasteiger partial charge on any atom is 0.255 e. The lowest BCUT2D eigenvalue weighted by atomic mass is 10.1. The molecule has 0 radical (unpaired) electrons. The van der Waals surface area contributed by atoms with Crippen LogP contribution in [0.25, 0.3) is 11.4 Å². The number of nitrogens with one attached hydrogen (secondary N) is 1. The van der Waals surface area contributed by atoms with E-state index in [0.29, 0.717) is 23.6 Å². The molecule has 3 aromatic rings. The molecule has 0 fully saturated rings. The molecule has 144 valence electrons. The second kappa shape index (κ2) is 9.08. The van der Waals surface area contributed by atoms with Crippen LogP contribution in [-0.4, -0.2) is 39.4 Å². The molecular formula is C22H24N4O2. The Bertz CT molecular complexity index is 984. The molecule has 1 amide bonds. The molecular weight excluding hydrogens is 352 g/mol. The highest BCUT2D eigenvalue weighted by Gasteiger charge is 2.16. The van der Waals surface area contributed by atoms with Crippen molar-refractivity contribution in [3.8, 4) is 11.4 Å². The van der Waals surface area contributed by atoms with Gasteiger partial charge in [-0.1, -0.05) is 30.3 Å². The Morgan fingerprint density at radius 3 is 2.50 bits per heavy atom. The number of amides is 1. The molecule has 0 spiro atoms. The third-order valence-corrected chi connectivity index (χ3v) is 4.73. The van der Waals surface area contributed by atoms with Gasteiger partial charge in [-0.05, 0) is 37.5 Å². The van der Waals surface area contributed by atoms with E-state index in [1.54, 1.807) is 43.4 Å². The number of likely N-dealkylation sites (N-methyl/N-ethyl adjacent to an activating group) is 1. The van der Waals surface area contributed by atoms with Crippen LogP contribution in [0.15, 0.2) is 59.7 Å². The van der Waals surface area contributed by atoms with Crippen molar-refractivity contribution >= 4 is 5.91 Å². The zero-order valence-electron chi connectivity index (χ0n) is 16.2. The number of carbonyl (C=O) groups excluding carboxylic acids is 1. The summed E-state index contributed by atoms with van der Waals surface area (Å²) in [6, 6.07) is 13.8. The lowest BCUT2D eigenvalue weighted by Crippen LogP contribution is -2.32. The van der Waals surface area contributed by atoms with Crippen molar-refractivity contribution in [2.45, 2.75) is 26.2 Å². The summed E-state index contributed by atoms with van der Waals surface area (Å²) in [6.45, 7) is 2.41. The molecule has 6 nitrogen and oxygen atoms in total. The van der Waals surface area contributed by atoms with Crippen LogP contribution >= 0.6 is 0 Å². The van der Waals surface area contributed by atoms with Gasteiger partial charge in [-0.15, -0.1) is 0 Å². The summed E-state index contributed by atoms with van der Waals surface area (Å²) in [7, 11) is 1.77. The van der Waals surface area contributed by atoms with Crippen LogP contribution in [-0.2, 0) is 17.6 Å². The topological polar surface area (TPSA) is 79.0 Å². The Balaban J connectivity index is 1.62. The summed E-state index contributed by atoms with van der Waals surface area (Å²) in [5, 5.41) is 0. The average molecular weight is 376 g/mol. The van der Waals surface area contributed by atoms with Gasteiger partial charge in [-0.2, -0.15) is 0 Å². The average Bonchev–Trinajstić information content (AvgIpc) is 2.71. The Labute approximate surface area is 164 Å². The van der Waals surface area contributed by atoms with E-state index in [2.05, 4.69) is 27.1 Å². The Morgan fingerprint density at radius 1 is 1.11 bits per heavy atom. The standard InChI is InChI=1S/C22H24N4O2/c1-16-19(22(28)25-21(24-16)18-10-12-23-13-11-18)15-20(27)26(2)14-6-9-17-7-4-3-5-8-17/h3-5,7-8,10-13H,6,9,14-15H2,1-2H3,(H,24,25,28). The third kappa shape index (κ3) is 4.91. The number of aromatic nitrogens is 3. The number of hydrogen-bond donors (Lipinski definition) is 1. The molecule has 0 aliphatic carbocycles. The minimum Gasteiger partial charge on any atom is -0.345 e. The molecule has 1 aromatic carbocycles. The van der Waals surface area contributed by atoms with Crippen molar-refractivity contribution in [1.29, 1.82) is 0 Å². The highest BCUT2D eigenvalue weighted by atomic mass is 16.2. The van der Waals surface area contributed by atoms with Crippen LogP contribution in [0.3, 0.4) is 0 Å². The number of rotatable bonds is 7. The molecule has 0 bridgehead atoms. The van der Waals surface area contributed by atoms with Crippen molar-refractivity contribution < 1.29 is 4.79 Å². The van der Waals surface area contributed by atoms with Gasteiger partial charge < -0.3 is 9.88 Å². The van der Waals surface area contributed by atoms with Gasteiger partial charge >= 0.3 is 0 Å². The van der Waals surface area contributed by atoms with E-state index in [9.17, 15) is 9.59 Å².